The minimum absolute atomic E-state index is 0.465. The summed E-state index contributed by atoms with van der Waals surface area (Å²) in [6.45, 7) is -0.709. The smallest absolute Gasteiger partial charge is 0.325 e. The van der Waals surface area contributed by atoms with E-state index in [1.54, 1.807) is 0 Å². The van der Waals surface area contributed by atoms with Gasteiger partial charge in [0.05, 0.1) is 6.08 Å². The third kappa shape index (κ3) is 5.29. The van der Waals surface area contributed by atoms with E-state index < -0.39 is 24.6 Å². The second kappa shape index (κ2) is 2.82. The molecule has 0 saturated carbocycles. The third-order valence-electron chi connectivity index (χ3n) is 0.515. The van der Waals surface area contributed by atoms with E-state index in [4.69, 9.17) is 0 Å². The van der Waals surface area contributed by atoms with Crippen LogP contribution >= 0.6 is 0 Å². The summed E-state index contributed by atoms with van der Waals surface area (Å²) in [5, 5.41) is 0. The predicted molar refractivity (Wildman–Crippen MR) is 24.3 cm³/mol. The van der Waals surface area contributed by atoms with Crippen LogP contribution in [-0.2, 0) is 0 Å². The Morgan fingerprint density at radius 1 is 1.44 bits per heavy atom. The molecule has 0 rings (SSSR count). The van der Waals surface area contributed by atoms with E-state index in [0.29, 0.717) is 0 Å². The zero-order chi connectivity index (χ0) is 7.49. The number of alkyl halides is 3. The van der Waals surface area contributed by atoms with Gasteiger partial charge in [0.25, 0.3) is 0 Å². The second-order valence-corrected chi connectivity index (χ2v) is 1.34. The Kier molecular flexibility index (Phi) is 2.64. The molecule has 0 aliphatic rings. The summed E-state index contributed by atoms with van der Waals surface area (Å²) >= 11 is 0. The van der Waals surface area contributed by atoms with Crippen molar-refractivity contribution < 1.29 is 17.6 Å². The molecule has 0 bridgehead atoms. The molecule has 0 radical (unpaired) electrons. The number of hydrogen-bond donors (Lipinski definition) is 1. The van der Waals surface area contributed by atoms with Gasteiger partial charge < -0.3 is 5.73 Å². The van der Waals surface area contributed by atoms with Crippen LogP contribution < -0.4 is 5.73 Å². The normalized spacial score (nSPS) is 14.1. The van der Waals surface area contributed by atoms with Gasteiger partial charge in [-0.15, -0.1) is 0 Å². The lowest BCUT2D eigenvalue weighted by Gasteiger charge is -1.97. The van der Waals surface area contributed by atoms with Crippen molar-refractivity contribution in [1.29, 1.82) is 0 Å². The summed E-state index contributed by atoms with van der Waals surface area (Å²) in [6, 6.07) is 0. The van der Waals surface area contributed by atoms with Crippen molar-refractivity contribution in [1.82, 2.24) is 0 Å². The fourth-order valence-corrected chi connectivity index (χ4v) is 0.237. The Bertz CT molecular complexity index is 114. The molecule has 0 atom stereocenters. The first-order valence-corrected chi connectivity index (χ1v) is 2.10. The molecule has 0 spiro atoms. The lowest BCUT2D eigenvalue weighted by Crippen LogP contribution is -2.07. The molecule has 0 aromatic heterocycles. The molecule has 0 aliphatic heterocycles. The molecule has 5 heteroatoms. The van der Waals surface area contributed by atoms with E-state index >= 15 is 0 Å². The molecule has 0 amide bonds. The summed E-state index contributed by atoms with van der Waals surface area (Å²) in [5.41, 5.74) is 4.54. The third-order valence-corrected chi connectivity index (χ3v) is 0.515. The minimum atomic E-state index is -4.59. The standard InChI is InChI=1S/C4H5F4N/c5-3(2-9)1-4(6,7)8/h1H,2,9H2/b3-1-. The van der Waals surface area contributed by atoms with Crippen molar-refractivity contribution in [2.45, 2.75) is 6.18 Å². The van der Waals surface area contributed by atoms with Crippen molar-refractivity contribution in [2.24, 2.45) is 5.73 Å². The first-order valence-electron chi connectivity index (χ1n) is 2.10. The molecule has 0 aliphatic carbocycles. The topological polar surface area (TPSA) is 26.0 Å². The van der Waals surface area contributed by atoms with Crippen LogP contribution in [0.15, 0.2) is 11.9 Å². The van der Waals surface area contributed by atoms with Gasteiger partial charge in [-0.05, 0) is 0 Å². The van der Waals surface area contributed by atoms with Gasteiger partial charge in [-0.25, -0.2) is 4.39 Å². The molecule has 0 heterocycles. The molecule has 1 nitrogen and oxygen atoms in total. The van der Waals surface area contributed by atoms with Crippen LogP contribution in [0, 0.1) is 0 Å². The largest absolute Gasteiger partial charge is 0.412 e. The predicted octanol–water partition coefficient (Wildman–Crippen LogP) is 1.36. The molecule has 0 aromatic carbocycles. The molecule has 2 N–H and O–H groups in total. The maximum absolute atomic E-state index is 11.6. The molecular weight excluding hydrogens is 138 g/mol. The Hall–Kier alpha value is -0.580. The van der Waals surface area contributed by atoms with Crippen molar-refractivity contribution in [3.05, 3.63) is 11.9 Å². The summed E-state index contributed by atoms with van der Waals surface area (Å²) in [5.74, 6) is -1.36. The van der Waals surface area contributed by atoms with Crippen molar-refractivity contribution >= 4 is 0 Å². The SMILES string of the molecule is NC/C(F)=C/C(F)(F)F. The highest BCUT2D eigenvalue weighted by molar-refractivity contribution is 4.97. The Morgan fingerprint density at radius 3 is 2.00 bits per heavy atom. The number of allylic oxidation sites excluding steroid dienone is 1. The summed E-state index contributed by atoms with van der Waals surface area (Å²) in [4.78, 5) is 0. The van der Waals surface area contributed by atoms with Crippen LogP contribution in [0.2, 0.25) is 0 Å². The van der Waals surface area contributed by atoms with Crippen molar-refractivity contribution in [3.8, 4) is 0 Å². The van der Waals surface area contributed by atoms with Gasteiger partial charge in [-0.1, -0.05) is 0 Å². The van der Waals surface area contributed by atoms with E-state index in [1.165, 1.54) is 0 Å². The molecule has 0 saturated heterocycles. The van der Waals surface area contributed by atoms with Gasteiger partial charge >= 0.3 is 6.18 Å². The average molecular weight is 143 g/mol. The Labute approximate surface area is 49.1 Å². The highest BCUT2D eigenvalue weighted by Crippen LogP contribution is 2.18. The molecule has 0 fully saturated rings. The fraction of sp³-hybridized carbons (Fsp3) is 0.500. The lowest BCUT2D eigenvalue weighted by molar-refractivity contribution is -0.0814. The maximum Gasteiger partial charge on any atom is 0.412 e. The molecule has 0 unspecified atom stereocenters. The number of nitrogens with two attached hydrogens (primary N) is 1. The first kappa shape index (κ1) is 8.42. The Morgan fingerprint density at radius 2 is 1.89 bits per heavy atom. The molecule has 0 aromatic rings. The highest BCUT2D eigenvalue weighted by atomic mass is 19.4. The molecule has 9 heavy (non-hydrogen) atoms. The quantitative estimate of drug-likeness (QED) is 0.551. The number of hydrogen-bond acceptors (Lipinski definition) is 1. The van der Waals surface area contributed by atoms with Gasteiger partial charge in [-0.2, -0.15) is 13.2 Å². The van der Waals surface area contributed by atoms with Crippen LogP contribution in [0.3, 0.4) is 0 Å². The van der Waals surface area contributed by atoms with E-state index in [1.807, 2.05) is 0 Å². The van der Waals surface area contributed by atoms with Crippen molar-refractivity contribution in [2.75, 3.05) is 6.54 Å². The van der Waals surface area contributed by atoms with Gasteiger partial charge in [0.2, 0.25) is 0 Å². The maximum atomic E-state index is 11.6. The zero-order valence-electron chi connectivity index (χ0n) is 4.37. The zero-order valence-corrected chi connectivity index (χ0v) is 4.37. The van der Waals surface area contributed by atoms with E-state index in [2.05, 4.69) is 5.73 Å². The minimum Gasteiger partial charge on any atom is -0.325 e. The first-order chi connectivity index (χ1) is 3.95. The van der Waals surface area contributed by atoms with Crippen LogP contribution in [0.1, 0.15) is 0 Å². The fourth-order valence-electron chi connectivity index (χ4n) is 0.237. The van der Waals surface area contributed by atoms with E-state index in [0.717, 1.165) is 0 Å². The number of halogens is 4. The lowest BCUT2D eigenvalue weighted by atomic mass is 10.4. The van der Waals surface area contributed by atoms with E-state index in [9.17, 15) is 17.6 Å². The van der Waals surface area contributed by atoms with Gasteiger partial charge in [0, 0.05) is 6.54 Å². The van der Waals surface area contributed by atoms with Crippen LogP contribution in [0.5, 0.6) is 0 Å². The van der Waals surface area contributed by atoms with Crippen molar-refractivity contribution in [3.63, 3.8) is 0 Å². The summed E-state index contributed by atoms with van der Waals surface area (Å²) < 4.78 is 45.0. The highest BCUT2D eigenvalue weighted by Gasteiger charge is 2.24. The van der Waals surface area contributed by atoms with Crippen LogP contribution in [-0.4, -0.2) is 12.7 Å². The van der Waals surface area contributed by atoms with Gasteiger partial charge in [0.1, 0.15) is 5.83 Å². The molecular formula is C4H5F4N. The number of rotatable bonds is 1. The molecule has 54 valence electrons. The monoisotopic (exact) mass is 143 g/mol. The van der Waals surface area contributed by atoms with E-state index in [-0.39, 0.29) is 0 Å². The summed E-state index contributed by atoms with van der Waals surface area (Å²) in [6.07, 6.45) is -5.06. The Balaban J connectivity index is 3.95. The second-order valence-electron chi connectivity index (χ2n) is 1.34. The van der Waals surface area contributed by atoms with Gasteiger partial charge in [-0.3, -0.25) is 0 Å². The van der Waals surface area contributed by atoms with Crippen LogP contribution in [0.4, 0.5) is 17.6 Å². The van der Waals surface area contributed by atoms with Crippen LogP contribution in [0.25, 0.3) is 0 Å². The van der Waals surface area contributed by atoms with Gasteiger partial charge in [0.15, 0.2) is 0 Å². The summed E-state index contributed by atoms with van der Waals surface area (Å²) in [7, 11) is 0. The average Bonchev–Trinajstić information content (AvgIpc) is 1.62.